The maximum absolute atomic E-state index is 13.6. The normalized spacial score (nSPS) is 11.2. The molecule has 0 saturated carbocycles. The first-order chi connectivity index (χ1) is 9.61. The molecule has 0 bridgehead atoms. The van der Waals surface area contributed by atoms with Crippen molar-refractivity contribution in [1.29, 1.82) is 0 Å². The second-order valence-electron chi connectivity index (χ2n) is 4.57. The average Bonchev–Trinajstić information content (AvgIpc) is 2.74. The first kappa shape index (κ1) is 13.0. The lowest BCUT2D eigenvalue weighted by Crippen LogP contribution is -2.02. The van der Waals surface area contributed by atoms with Crippen LogP contribution in [-0.4, -0.2) is 15.8 Å². The van der Waals surface area contributed by atoms with Crippen LogP contribution in [0.5, 0.6) is 0 Å². The molecule has 1 aromatic heterocycles. The molecule has 0 spiro atoms. The smallest absolute Gasteiger partial charge is 0.205 e. The van der Waals surface area contributed by atoms with Gasteiger partial charge in [0.05, 0.1) is 16.7 Å². The van der Waals surface area contributed by atoms with Crippen LogP contribution in [0.1, 0.15) is 5.56 Å². The van der Waals surface area contributed by atoms with Crippen LogP contribution in [0.3, 0.4) is 0 Å². The Labute approximate surface area is 120 Å². The zero-order valence-corrected chi connectivity index (χ0v) is 12.0. The predicted molar refractivity (Wildman–Crippen MR) is 82.0 cm³/mol. The van der Waals surface area contributed by atoms with Crippen molar-refractivity contribution in [2.24, 2.45) is 0 Å². The highest BCUT2D eigenvalue weighted by molar-refractivity contribution is 7.98. The van der Waals surface area contributed by atoms with Gasteiger partial charge in [0.1, 0.15) is 5.82 Å². The molecule has 102 valence electrons. The molecular formula is C15H14FN3S. The second kappa shape index (κ2) is 4.83. The lowest BCUT2D eigenvalue weighted by atomic mass is 10.2. The summed E-state index contributed by atoms with van der Waals surface area (Å²) in [5, 5.41) is 0. The number of nitrogen functional groups attached to an aromatic ring is 1. The van der Waals surface area contributed by atoms with Crippen LogP contribution < -0.4 is 5.73 Å². The highest BCUT2D eigenvalue weighted by atomic mass is 32.2. The van der Waals surface area contributed by atoms with Crippen molar-refractivity contribution in [2.45, 2.75) is 11.8 Å². The molecule has 2 aromatic carbocycles. The summed E-state index contributed by atoms with van der Waals surface area (Å²) in [7, 11) is 0. The van der Waals surface area contributed by atoms with Gasteiger partial charge < -0.3 is 5.73 Å². The molecule has 3 nitrogen and oxygen atoms in total. The Morgan fingerprint density at radius 2 is 2.00 bits per heavy atom. The van der Waals surface area contributed by atoms with Crippen molar-refractivity contribution >= 4 is 28.7 Å². The quantitative estimate of drug-likeness (QED) is 0.729. The van der Waals surface area contributed by atoms with E-state index in [0.29, 0.717) is 17.0 Å². The Hall–Kier alpha value is -2.01. The number of thioether (sulfide) groups is 1. The SMILES string of the molecule is CSc1ccccc1-n1c(N)nc2cc(F)c(C)cc21. The molecular weight excluding hydrogens is 273 g/mol. The minimum absolute atomic E-state index is 0.264. The summed E-state index contributed by atoms with van der Waals surface area (Å²) in [5.74, 6) is 0.104. The van der Waals surface area contributed by atoms with Crippen molar-refractivity contribution in [3.63, 3.8) is 0 Å². The van der Waals surface area contributed by atoms with E-state index in [1.165, 1.54) is 6.07 Å². The number of aryl methyl sites for hydroxylation is 1. The summed E-state index contributed by atoms with van der Waals surface area (Å²) in [6.07, 6.45) is 2.01. The van der Waals surface area contributed by atoms with Gasteiger partial charge in [-0.05, 0) is 36.9 Å². The summed E-state index contributed by atoms with van der Waals surface area (Å²) in [6, 6.07) is 11.2. The average molecular weight is 287 g/mol. The van der Waals surface area contributed by atoms with Gasteiger partial charge in [-0.1, -0.05) is 12.1 Å². The van der Waals surface area contributed by atoms with E-state index in [0.717, 1.165) is 16.1 Å². The largest absolute Gasteiger partial charge is 0.369 e. The number of benzene rings is 2. The van der Waals surface area contributed by atoms with E-state index in [1.807, 2.05) is 35.1 Å². The van der Waals surface area contributed by atoms with Gasteiger partial charge in [-0.2, -0.15) is 0 Å². The van der Waals surface area contributed by atoms with E-state index in [4.69, 9.17) is 5.73 Å². The van der Waals surface area contributed by atoms with Crippen LogP contribution in [0.2, 0.25) is 0 Å². The van der Waals surface area contributed by atoms with Crippen molar-refractivity contribution in [3.05, 3.63) is 47.8 Å². The number of hydrogen-bond donors (Lipinski definition) is 1. The molecule has 0 aliphatic heterocycles. The van der Waals surface area contributed by atoms with Gasteiger partial charge in [0, 0.05) is 11.0 Å². The maximum atomic E-state index is 13.6. The zero-order chi connectivity index (χ0) is 14.3. The molecule has 0 saturated heterocycles. The maximum Gasteiger partial charge on any atom is 0.205 e. The third-order valence-electron chi connectivity index (χ3n) is 3.29. The first-order valence-electron chi connectivity index (χ1n) is 6.19. The van der Waals surface area contributed by atoms with E-state index >= 15 is 0 Å². The standard InChI is InChI=1S/C15H14FN3S/c1-9-7-13-11(8-10(9)16)18-15(17)19(13)12-5-3-4-6-14(12)20-2/h3-8H,1-2H3,(H2,17,18). The minimum Gasteiger partial charge on any atom is -0.369 e. The van der Waals surface area contributed by atoms with Crippen LogP contribution in [0.4, 0.5) is 10.3 Å². The topological polar surface area (TPSA) is 43.8 Å². The lowest BCUT2D eigenvalue weighted by molar-refractivity contribution is 0.620. The van der Waals surface area contributed by atoms with Crippen LogP contribution >= 0.6 is 11.8 Å². The number of hydrogen-bond acceptors (Lipinski definition) is 3. The number of anilines is 1. The Morgan fingerprint density at radius 3 is 2.75 bits per heavy atom. The van der Waals surface area contributed by atoms with Crippen molar-refractivity contribution in [3.8, 4) is 5.69 Å². The van der Waals surface area contributed by atoms with Gasteiger partial charge in [0.15, 0.2) is 0 Å². The van der Waals surface area contributed by atoms with Crippen molar-refractivity contribution in [1.82, 2.24) is 9.55 Å². The molecule has 0 unspecified atom stereocenters. The lowest BCUT2D eigenvalue weighted by Gasteiger charge is -2.11. The van der Waals surface area contributed by atoms with E-state index < -0.39 is 0 Å². The molecule has 2 N–H and O–H groups in total. The Morgan fingerprint density at radius 1 is 1.25 bits per heavy atom. The van der Waals surface area contributed by atoms with E-state index in [9.17, 15) is 4.39 Å². The summed E-state index contributed by atoms with van der Waals surface area (Å²) in [4.78, 5) is 5.36. The molecule has 3 aromatic rings. The number of rotatable bonds is 2. The predicted octanol–water partition coefficient (Wildman–Crippen LogP) is 3.78. The molecule has 0 aliphatic carbocycles. The Balaban J connectivity index is 2.36. The number of nitrogens with zero attached hydrogens (tertiary/aromatic N) is 2. The molecule has 0 radical (unpaired) electrons. The molecule has 3 rings (SSSR count). The van der Waals surface area contributed by atoms with E-state index in [-0.39, 0.29) is 5.82 Å². The van der Waals surface area contributed by atoms with Crippen LogP contribution in [0.25, 0.3) is 16.7 Å². The molecule has 0 aliphatic rings. The Kier molecular flexibility index (Phi) is 3.14. The third kappa shape index (κ3) is 1.94. The minimum atomic E-state index is -0.264. The first-order valence-corrected chi connectivity index (χ1v) is 7.41. The van der Waals surface area contributed by atoms with Crippen LogP contribution in [-0.2, 0) is 0 Å². The number of imidazole rings is 1. The van der Waals surface area contributed by atoms with Gasteiger partial charge in [0.25, 0.3) is 0 Å². The van der Waals surface area contributed by atoms with E-state index in [1.54, 1.807) is 24.8 Å². The highest BCUT2D eigenvalue weighted by Crippen LogP contribution is 2.30. The molecule has 0 fully saturated rings. The van der Waals surface area contributed by atoms with E-state index in [2.05, 4.69) is 4.98 Å². The van der Waals surface area contributed by atoms with Gasteiger partial charge in [-0.15, -0.1) is 11.8 Å². The molecule has 5 heteroatoms. The van der Waals surface area contributed by atoms with Gasteiger partial charge in [-0.3, -0.25) is 4.57 Å². The van der Waals surface area contributed by atoms with Crippen LogP contribution in [0.15, 0.2) is 41.3 Å². The second-order valence-corrected chi connectivity index (χ2v) is 5.42. The van der Waals surface area contributed by atoms with Gasteiger partial charge >= 0.3 is 0 Å². The number of fused-ring (bicyclic) bond motifs is 1. The number of nitrogens with two attached hydrogens (primary N) is 1. The van der Waals surface area contributed by atoms with Crippen LogP contribution in [0, 0.1) is 12.7 Å². The monoisotopic (exact) mass is 287 g/mol. The Bertz CT molecular complexity index is 795. The van der Waals surface area contributed by atoms with Gasteiger partial charge in [0.2, 0.25) is 5.95 Å². The summed E-state index contributed by atoms with van der Waals surface area (Å²) >= 11 is 1.64. The fourth-order valence-electron chi connectivity index (χ4n) is 2.29. The third-order valence-corrected chi connectivity index (χ3v) is 4.07. The van der Waals surface area contributed by atoms with Gasteiger partial charge in [-0.25, -0.2) is 9.37 Å². The number of aromatic nitrogens is 2. The molecule has 20 heavy (non-hydrogen) atoms. The molecule has 0 atom stereocenters. The molecule has 1 heterocycles. The number of halogens is 1. The fourth-order valence-corrected chi connectivity index (χ4v) is 2.87. The summed E-state index contributed by atoms with van der Waals surface area (Å²) in [5.41, 5.74) is 8.97. The fraction of sp³-hybridized carbons (Fsp3) is 0.133. The summed E-state index contributed by atoms with van der Waals surface area (Å²) in [6.45, 7) is 1.74. The zero-order valence-electron chi connectivity index (χ0n) is 11.2. The molecule has 0 amide bonds. The summed E-state index contributed by atoms with van der Waals surface area (Å²) < 4.78 is 15.5. The van der Waals surface area contributed by atoms with Crippen molar-refractivity contribution in [2.75, 3.05) is 12.0 Å². The van der Waals surface area contributed by atoms with Crippen molar-refractivity contribution < 1.29 is 4.39 Å². The highest BCUT2D eigenvalue weighted by Gasteiger charge is 2.14. The number of para-hydroxylation sites is 1.